The fourth-order valence-electron chi connectivity index (χ4n) is 0.996. The molecule has 0 N–H and O–H groups in total. The highest BCUT2D eigenvalue weighted by atomic mass is 35.7. The van der Waals surface area contributed by atoms with Gasteiger partial charge in [-0.1, -0.05) is 0 Å². The Balaban J connectivity index is 2.38. The van der Waals surface area contributed by atoms with Crippen molar-refractivity contribution in [2.24, 2.45) is 5.92 Å². The van der Waals surface area contributed by atoms with Crippen LogP contribution in [0.5, 0.6) is 0 Å². The molecule has 0 aromatic carbocycles. The van der Waals surface area contributed by atoms with Crippen LogP contribution in [0.25, 0.3) is 0 Å². The first-order valence-corrected chi connectivity index (χ1v) is 6.71. The molecular formula is C5H9ClO2S2. The molecule has 60 valence electrons. The fraction of sp³-hybridized carbons (Fsp3) is 1.00. The summed E-state index contributed by atoms with van der Waals surface area (Å²) < 4.78 is 21.1. The van der Waals surface area contributed by atoms with Crippen LogP contribution in [0, 0.1) is 5.92 Å². The van der Waals surface area contributed by atoms with E-state index in [0.717, 1.165) is 17.9 Å². The minimum atomic E-state index is -3.25. The lowest BCUT2D eigenvalue weighted by Crippen LogP contribution is -2.10. The summed E-state index contributed by atoms with van der Waals surface area (Å²) in [6.07, 6.45) is 0.997. The SMILES string of the molecule is O=S(=O)(Cl)CC1CCSC1. The zero-order valence-electron chi connectivity index (χ0n) is 5.42. The maximum atomic E-state index is 10.5. The van der Waals surface area contributed by atoms with Gasteiger partial charge in [0.2, 0.25) is 9.05 Å². The van der Waals surface area contributed by atoms with E-state index in [1.165, 1.54) is 0 Å². The fourth-order valence-corrected chi connectivity index (χ4v) is 3.81. The van der Waals surface area contributed by atoms with Gasteiger partial charge in [-0.2, -0.15) is 11.8 Å². The third kappa shape index (κ3) is 3.12. The third-order valence-corrected chi connectivity index (χ3v) is 3.94. The van der Waals surface area contributed by atoms with Gasteiger partial charge in [0, 0.05) is 10.7 Å². The molecule has 5 heteroatoms. The minimum Gasteiger partial charge on any atom is -0.212 e. The molecule has 10 heavy (non-hydrogen) atoms. The summed E-state index contributed by atoms with van der Waals surface area (Å²) in [5.41, 5.74) is 0. The summed E-state index contributed by atoms with van der Waals surface area (Å²) in [6, 6.07) is 0. The van der Waals surface area contributed by atoms with E-state index in [1.54, 1.807) is 11.8 Å². The maximum absolute atomic E-state index is 10.5. The molecule has 1 heterocycles. The lowest BCUT2D eigenvalue weighted by Gasteiger charge is -2.02. The molecule has 1 fully saturated rings. The second kappa shape index (κ2) is 3.32. The summed E-state index contributed by atoms with van der Waals surface area (Å²) in [4.78, 5) is 0. The minimum absolute atomic E-state index is 0.154. The molecule has 0 bridgehead atoms. The molecule has 1 aliphatic heterocycles. The standard InChI is InChI=1S/C5H9ClO2S2/c6-10(7,8)4-5-1-2-9-3-5/h5H,1-4H2. The quantitative estimate of drug-likeness (QED) is 0.631. The molecule has 2 nitrogen and oxygen atoms in total. The van der Waals surface area contributed by atoms with E-state index in [4.69, 9.17) is 10.7 Å². The number of hydrogen-bond donors (Lipinski definition) is 0. The highest BCUT2D eigenvalue weighted by molar-refractivity contribution is 8.13. The summed E-state index contributed by atoms with van der Waals surface area (Å²) in [5.74, 6) is 2.48. The third-order valence-electron chi connectivity index (χ3n) is 1.46. The molecule has 1 aliphatic rings. The predicted octanol–water partition coefficient (Wildman–Crippen LogP) is 1.31. The molecule has 1 saturated heterocycles. The van der Waals surface area contributed by atoms with Gasteiger partial charge in [0.15, 0.2) is 0 Å². The van der Waals surface area contributed by atoms with Crippen LogP contribution >= 0.6 is 22.4 Å². The van der Waals surface area contributed by atoms with Crippen molar-refractivity contribution in [3.8, 4) is 0 Å². The summed E-state index contributed by atoms with van der Waals surface area (Å²) in [7, 11) is 1.83. The van der Waals surface area contributed by atoms with Gasteiger partial charge in [-0.3, -0.25) is 0 Å². The zero-order valence-corrected chi connectivity index (χ0v) is 7.81. The maximum Gasteiger partial charge on any atom is 0.232 e. The van der Waals surface area contributed by atoms with Crippen molar-refractivity contribution in [3.63, 3.8) is 0 Å². The number of thioether (sulfide) groups is 1. The van der Waals surface area contributed by atoms with Crippen LogP contribution in [0.2, 0.25) is 0 Å². The molecule has 1 atom stereocenters. The van der Waals surface area contributed by atoms with Crippen molar-refractivity contribution in [3.05, 3.63) is 0 Å². The van der Waals surface area contributed by atoms with E-state index >= 15 is 0 Å². The van der Waals surface area contributed by atoms with Gasteiger partial charge in [-0.05, 0) is 23.8 Å². The lowest BCUT2D eigenvalue weighted by atomic mass is 10.2. The molecule has 1 unspecified atom stereocenters. The molecule has 0 spiro atoms. The van der Waals surface area contributed by atoms with Crippen LogP contribution in [0.15, 0.2) is 0 Å². The molecular weight excluding hydrogens is 192 g/mol. The van der Waals surface area contributed by atoms with Crippen molar-refractivity contribution in [1.29, 1.82) is 0 Å². The van der Waals surface area contributed by atoms with Gasteiger partial charge in [0.1, 0.15) is 0 Å². The van der Waals surface area contributed by atoms with E-state index in [-0.39, 0.29) is 5.75 Å². The van der Waals surface area contributed by atoms with Gasteiger partial charge in [-0.15, -0.1) is 0 Å². The van der Waals surface area contributed by atoms with Crippen molar-refractivity contribution >= 4 is 31.5 Å². The van der Waals surface area contributed by atoms with E-state index < -0.39 is 9.05 Å². The summed E-state index contributed by atoms with van der Waals surface area (Å²) in [6.45, 7) is 0. The zero-order chi connectivity index (χ0) is 7.61. The van der Waals surface area contributed by atoms with Gasteiger partial charge < -0.3 is 0 Å². The Bertz CT molecular complexity index is 194. The van der Waals surface area contributed by atoms with Crippen molar-refractivity contribution in [2.75, 3.05) is 17.3 Å². The average Bonchev–Trinajstić information content (AvgIpc) is 2.12. The van der Waals surface area contributed by atoms with Gasteiger partial charge >= 0.3 is 0 Å². The van der Waals surface area contributed by atoms with Crippen LogP contribution in [0.4, 0.5) is 0 Å². The van der Waals surface area contributed by atoms with Crippen LogP contribution in [0.1, 0.15) is 6.42 Å². The smallest absolute Gasteiger partial charge is 0.212 e. The second-order valence-corrected chi connectivity index (χ2v) is 6.41. The van der Waals surface area contributed by atoms with E-state index in [9.17, 15) is 8.42 Å². The Morgan fingerprint density at radius 3 is 2.70 bits per heavy atom. The van der Waals surface area contributed by atoms with Crippen molar-refractivity contribution in [1.82, 2.24) is 0 Å². The summed E-state index contributed by atoms with van der Waals surface area (Å²) >= 11 is 1.80. The van der Waals surface area contributed by atoms with E-state index in [2.05, 4.69) is 0 Å². The first kappa shape index (κ1) is 8.68. The van der Waals surface area contributed by atoms with Crippen LogP contribution in [0.3, 0.4) is 0 Å². The average molecular weight is 201 g/mol. The lowest BCUT2D eigenvalue weighted by molar-refractivity contribution is 0.587. The normalized spacial score (nSPS) is 27.1. The van der Waals surface area contributed by atoms with E-state index in [1.807, 2.05) is 0 Å². The van der Waals surface area contributed by atoms with Gasteiger partial charge in [-0.25, -0.2) is 8.42 Å². The molecule has 1 rings (SSSR count). The Kier molecular flexibility index (Phi) is 2.89. The first-order valence-electron chi connectivity index (χ1n) is 3.08. The topological polar surface area (TPSA) is 34.1 Å². The van der Waals surface area contributed by atoms with Crippen molar-refractivity contribution in [2.45, 2.75) is 6.42 Å². The van der Waals surface area contributed by atoms with E-state index in [0.29, 0.717) is 5.92 Å². The number of halogens is 1. The molecule has 0 aliphatic carbocycles. The molecule has 0 aromatic rings. The molecule has 0 saturated carbocycles. The Morgan fingerprint density at radius 1 is 1.60 bits per heavy atom. The van der Waals surface area contributed by atoms with Gasteiger partial charge in [0.25, 0.3) is 0 Å². The Morgan fingerprint density at radius 2 is 2.30 bits per heavy atom. The highest BCUT2D eigenvalue weighted by Crippen LogP contribution is 2.25. The highest BCUT2D eigenvalue weighted by Gasteiger charge is 2.20. The summed E-state index contributed by atoms with van der Waals surface area (Å²) in [5, 5.41) is 0. The van der Waals surface area contributed by atoms with Crippen LogP contribution in [-0.4, -0.2) is 25.7 Å². The van der Waals surface area contributed by atoms with Crippen molar-refractivity contribution < 1.29 is 8.42 Å². The predicted molar refractivity (Wildman–Crippen MR) is 45.1 cm³/mol. The monoisotopic (exact) mass is 200 g/mol. The largest absolute Gasteiger partial charge is 0.232 e. The molecule has 0 aromatic heterocycles. The first-order chi connectivity index (χ1) is 4.58. The van der Waals surface area contributed by atoms with Gasteiger partial charge in [0.05, 0.1) is 5.75 Å². The number of hydrogen-bond acceptors (Lipinski definition) is 3. The Hall–Kier alpha value is 0.590. The second-order valence-electron chi connectivity index (χ2n) is 2.44. The van der Waals surface area contributed by atoms with Crippen LogP contribution < -0.4 is 0 Å². The number of rotatable bonds is 2. The molecule has 0 amide bonds. The Labute approximate surface area is 69.7 Å². The molecule has 0 radical (unpaired) electrons. The van der Waals surface area contributed by atoms with Crippen LogP contribution in [-0.2, 0) is 9.05 Å².